The van der Waals surface area contributed by atoms with Gasteiger partial charge in [-0.25, -0.2) is 8.42 Å². The van der Waals surface area contributed by atoms with Crippen LogP contribution in [0.25, 0.3) is 0 Å². The zero-order chi connectivity index (χ0) is 17.3. The Bertz CT molecular complexity index is 845. The minimum Gasteiger partial charge on any atom is -0.324 e. The van der Waals surface area contributed by atoms with Crippen molar-refractivity contribution in [3.8, 4) is 0 Å². The van der Waals surface area contributed by atoms with E-state index in [-0.39, 0.29) is 10.1 Å². The van der Waals surface area contributed by atoms with Gasteiger partial charge in [-0.05, 0) is 49.8 Å². The summed E-state index contributed by atoms with van der Waals surface area (Å²) in [7, 11) is -3.61. The maximum atomic E-state index is 12.7. The van der Waals surface area contributed by atoms with E-state index in [4.69, 9.17) is 0 Å². The zero-order valence-corrected chi connectivity index (χ0v) is 15.3. The van der Waals surface area contributed by atoms with Gasteiger partial charge in [-0.1, -0.05) is 23.8 Å². The Kier molecular flexibility index (Phi) is 4.76. The van der Waals surface area contributed by atoms with Gasteiger partial charge in [0.25, 0.3) is 10.0 Å². The van der Waals surface area contributed by atoms with Gasteiger partial charge in [-0.3, -0.25) is 4.79 Å². The monoisotopic (exact) mass is 364 g/mol. The van der Waals surface area contributed by atoms with Gasteiger partial charge in [0.15, 0.2) is 0 Å². The van der Waals surface area contributed by atoms with Gasteiger partial charge in [0.1, 0.15) is 10.3 Å². The summed E-state index contributed by atoms with van der Waals surface area (Å²) < 4.78 is 27.1. The molecule has 1 atom stereocenters. The number of aryl methyl sites for hydroxylation is 2. The molecule has 1 amide bonds. The Morgan fingerprint density at radius 3 is 2.75 bits per heavy atom. The van der Waals surface area contributed by atoms with Gasteiger partial charge in [-0.2, -0.15) is 4.31 Å². The number of carbonyl (C=O) groups is 1. The molecule has 1 aromatic heterocycles. The van der Waals surface area contributed by atoms with Crippen molar-refractivity contribution in [2.45, 2.75) is 36.9 Å². The summed E-state index contributed by atoms with van der Waals surface area (Å²) in [5.74, 6) is -0.264. The van der Waals surface area contributed by atoms with Gasteiger partial charge in [0, 0.05) is 12.2 Å². The van der Waals surface area contributed by atoms with Crippen LogP contribution in [0.5, 0.6) is 0 Å². The maximum Gasteiger partial charge on any atom is 0.253 e. The number of carbonyl (C=O) groups excluding carboxylic acids is 1. The first-order valence-corrected chi connectivity index (χ1v) is 10.1. The fourth-order valence-electron chi connectivity index (χ4n) is 2.99. The van der Waals surface area contributed by atoms with E-state index in [0.717, 1.165) is 16.8 Å². The lowest BCUT2D eigenvalue weighted by molar-refractivity contribution is -0.119. The molecule has 1 unspecified atom stereocenters. The van der Waals surface area contributed by atoms with E-state index in [0.29, 0.717) is 19.4 Å². The van der Waals surface area contributed by atoms with E-state index in [1.807, 2.05) is 32.0 Å². The second-order valence-electron chi connectivity index (χ2n) is 6.01. The van der Waals surface area contributed by atoms with Crippen molar-refractivity contribution in [3.05, 3.63) is 46.8 Å². The second kappa shape index (κ2) is 6.66. The summed E-state index contributed by atoms with van der Waals surface area (Å²) in [5, 5.41) is 4.61. The van der Waals surface area contributed by atoms with Crippen LogP contribution in [0.4, 0.5) is 5.69 Å². The molecule has 2 heterocycles. The molecule has 1 N–H and O–H groups in total. The summed E-state index contributed by atoms with van der Waals surface area (Å²) >= 11 is 1.18. The van der Waals surface area contributed by atoms with E-state index in [1.54, 1.807) is 17.5 Å². The number of nitrogens with one attached hydrogen (secondary N) is 1. The molecular formula is C17H20N2O3S2. The van der Waals surface area contributed by atoms with Crippen molar-refractivity contribution < 1.29 is 13.2 Å². The lowest BCUT2D eigenvalue weighted by Crippen LogP contribution is -2.42. The van der Waals surface area contributed by atoms with E-state index >= 15 is 0 Å². The molecule has 5 nitrogen and oxygen atoms in total. The molecule has 0 radical (unpaired) electrons. The third kappa shape index (κ3) is 3.24. The van der Waals surface area contributed by atoms with Crippen molar-refractivity contribution in [2.75, 3.05) is 11.9 Å². The van der Waals surface area contributed by atoms with E-state index in [9.17, 15) is 13.2 Å². The topological polar surface area (TPSA) is 66.5 Å². The van der Waals surface area contributed by atoms with Crippen molar-refractivity contribution in [3.63, 3.8) is 0 Å². The number of hydrogen-bond acceptors (Lipinski definition) is 4. The van der Waals surface area contributed by atoms with Crippen LogP contribution in [0.3, 0.4) is 0 Å². The van der Waals surface area contributed by atoms with Crippen molar-refractivity contribution in [1.82, 2.24) is 4.31 Å². The average Bonchev–Trinajstić information content (AvgIpc) is 3.21. The highest BCUT2D eigenvalue weighted by Gasteiger charge is 2.39. The summed E-state index contributed by atoms with van der Waals surface area (Å²) in [6, 6.07) is 8.41. The Morgan fingerprint density at radius 2 is 2.08 bits per heavy atom. The number of amides is 1. The highest BCUT2D eigenvalue weighted by atomic mass is 32.2. The molecular weight excluding hydrogens is 344 g/mol. The van der Waals surface area contributed by atoms with Crippen molar-refractivity contribution in [2.24, 2.45) is 0 Å². The first-order chi connectivity index (χ1) is 11.4. The quantitative estimate of drug-likeness (QED) is 0.906. The molecule has 24 heavy (non-hydrogen) atoms. The Hall–Kier alpha value is -1.70. The fourth-order valence-corrected chi connectivity index (χ4v) is 5.76. The number of rotatable bonds is 4. The highest BCUT2D eigenvalue weighted by molar-refractivity contribution is 7.91. The number of benzene rings is 1. The fraction of sp³-hybridized carbons (Fsp3) is 0.353. The molecule has 128 valence electrons. The van der Waals surface area contributed by atoms with E-state index < -0.39 is 16.1 Å². The Balaban J connectivity index is 1.81. The summed E-state index contributed by atoms with van der Waals surface area (Å²) in [6.07, 6.45) is 1.23. The first kappa shape index (κ1) is 17.1. The molecule has 1 aliphatic heterocycles. The lowest BCUT2D eigenvalue weighted by Gasteiger charge is -2.23. The van der Waals surface area contributed by atoms with Crippen LogP contribution in [0, 0.1) is 13.8 Å². The molecule has 0 aliphatic carbocycles. The van der Waals surface area contributed by atoms with Crippen molar-refractivity contribution >= 4 is 33.0 Å². The van der Waals surface area contributed by atoms with E-state index in [2.05, 4.69) is 5.32 Å². The molecule has 3 rings (SSSR count). The maximum absolute atomic E-state index is 12.7. The summed E-state index contributed by atoms with van der Waals surface area (Å²) in [5.41, 5.74) is 2.81. The number of nitrogens with zero attached hydrogens (tertiary/aromatic N) is 1. The molecule has 7 heteroatoms. The summed E-state index contributed by atoms with van der Waals surface area (Å²) in [6.45, 7) is 4.30. The molecule has 0 bridgehead atoms. The van der Waals surface area contributed by atoms with Crippen LogP contribution >= 0.6 is 11.3 Å². The number of thiophene rings is 1. The van der Waals surface area contributed by atoms with Crippen LogP contribution in [-0.2, 0) is 14.8 Å². The van der Waals surface area contributed by atoms with Gasteiger partial charge in [-0.15, -0.1) is 11.3 Å². The third-order valence-electron chi connectivity index (χ3n) is 4.20. The normalized spacial score (nSPS) is 18.7. The summed E-state index contributed by atoms with van der Waals surface area (Å²) in [4.78, 5) is 12.7. The average molecular weight is 364 g/mol. The second-order valence-corrected chi connectivity index (χ2v) is 9.08. The smallest absolute Gasteiger partial charge is 0.253 e. The van der Waals surface area contributed by atoms with Crippen LogP contribution in [0.15, 0.2) is 39.9 Å². The minimum atomic E-state index is -3.61. The minimum absolute atomic E-state index is 0.264. The molecule has 1 fully saturated rings. The highest BCUT2D eigenvalue weighted by Crippen LogP contribution is 2.29. The molecule has 1 aromatic carbocycles. The number of anilines is 1. The van der Waals surface area contributed by atoms with Gasteiger partial charge >= 0.3 is 0 Å². The predicted molar refractivity (Wildman–Crippen MR) is 95.8 cm³/mol. The lowest BCUT2D eigenvalue weighted by atomic mass is 10.1. The standard InChI is InChI=1S/C17H20N2O3S2/c1-12-7-8-14(13(2)11-12)18-17(20)15-5-3-9-19(15)24(21,22)16-6-4-10-23-16/h4,6-8,10-11,15H,3,5,9H2,1-2H3,(H,18,20). The predicted octanol–water partition coefficient (Wildman–Crippen LogP) is 3.16. The zero-order valence-electron chi connectivity index (χ0n) is 13.7. The molecule has 2 aromatic rings. The molecule has 0 saturated carbocycles. The Labute approximate surface area is 146 Å². The van der Waals surface area contributed by atoms with Crippen molar-refractivity contribution in [1.29, 1.82) is 0 Å². The molecule has 1 aliphatic rings. The van der Waals surface area contributed by atoms with Gasteiger partial charge < -0.3 is 5.32 Å². The van der Waals surface area contributed by atoms with Gasteiger partial charge in [0.05, 0.1) is 0 Å². The first-order valence-electron chi connectivity index (χ1n) is 7.83. The largest absolute Gasteiger partial charge is 0.324 e. The van der Waals surface area contributed by atoms with Crippen LogP contribution in [0.2, 0.25) is 0 Å². The van der Waals surface area contributed by atoms with Crippen LogP contribution < -0.4 is 5.32 Å². The van der Waals surface area contributed by atoms with E-state index in [1.165, 1.54) is 15.6 Å². The number of hydrogen-bond donors (Lipinski definition) is 1. The molecule has 0 spiro atoms. The number of sulfonamides is 1. The van der Waals surface area contributed by atoms with Gasteiger partial charge in [0.2, 0.25) is 5.91 Å². The SMILES string of the molecule is Cc1ccc(NC(=O)C2CCCN2S(=O)(=O)c2cccs2)c(C)c1. The van der Waals surface area contributed by atoms with Crippen LogP contribution in [-0.4, -0.2) is 31.2 Å². The molecule has 1 saturated heterocycles. The third-order valence-corrected chi connectivity index (χ3v) is 7.49. The van der Waals surface area contributed by atoms with Crippen LogP contribution in [0.1, 0.15) is 24.0 Å². The Morgan fingerprint density at radius 1 is 1.29 bits per heavy atom.